The van der Waals surface area contributed by atoms with E-state index in [0.29, 0.717) is 36.2 Å². The highest BCUT2D eigenvalue weighted by Crippen LogP contribution is 2.24. The van der Waals surface area contributed by atoms with Crippen molar-refractivity contribution in [3.63, 3.8) is 0 Å². The summed E-state index contributed by atoms with van der Waals surface area (Å²) in [5.41, 5.74) is 3.63. The topological polar surface area (TPSA) is 88.3 Å². The number of nitrogens with one attached hydrogen (secondary N) is 1. The zero-order valence-corrected chi connectivity index (χ0v) is 18.5. The van der Waals surface area contributed by atoms with E-state index in [0.717, 1.165) is 30.6 Å². The van der Waals surface area contributed by atoms with Crippen molar-refractivity contribution in [2.45, 2.75) is 51.9 Å². The van der Waals surface area contributed by atoms with Gasteiger partial charge in [0, 0.05) is 42.7 Å². The van der Waals surface area contributed by atoms with Crippen molar-refractivity contribution in [2.24, 2.45) is 0 Å². The molecular weight excluding hydrogens is 404 g/mol. The first-order valence-corrected chi connectivity index (χ1v) is 11.1. The van der Waals surface area contributed by atoms with Crippen LogP contribution >= 0.6 is 0 Å². The van der Waals surface area contributed by atoms with Crippen LogP contribution in [0.15, 0.2) is 53.1 Å². The third-order valence-corrected chi connectivity index (χ3v) is 5.63. The van der Waals surface area contributed by atoms with Gasteiger partial charge in [-0.1, -0.05) is 49.3 Å². The summed E-state index contributed by atoms with van der Waals surface area (Å²) in [5, 5.41) is 6.93. The summed E-state index contributed by atoms with van der Waals surface area (Å²) >= 11 is 0. The van der Waals surface area contributed by atoms with Crippen LogP contribution in [-0.4, -0.2) is 28.5 Å². The number of benzene rings is 2. The summed E-state index contributed by atoms with van der Waals surface area (Å²) in [4.78, 5) is 30.8. The molecule has 0 atom stereocenters. The van der Waals surface area contributed by atoms with Crippen LogP contribution < -0.4 is 10.2 Å². The molecule has 166 valence electrons. The van der Waals surface area contributed by atoms with Crippen LogP contribution in [0.2, 0.25) is 0 Å². The van der Waals surface area contributed by atoms with E-state index in [1.54, 1.807) is 4.90 Å². The lowest BCUT2D eigenvalue weighted by Gasteiger charge is -2.27. The van der Waals surface area contributed by atoms with E-state index in [1.165, 1.54) is 5.56 Å². The predicted octanol–water partition coefficient (Wildman–Crippen LogP) is 4.95. The molecule has 2 aromatic carbocycles. The van der Waals surface area contributed by atoms with Gasteiger partial charge in [0.2, 0.25) is 23.5 Å². The lowest BCUT2D eigenvalue weighted by Crippen LogP contribution is -2.35. The van der Waals surface area contributed by atoms with Crippen molar-refractivity contribution < 1.29 is 14.1 Å². The second kappa shape index (κ2) is 9.77. The van der Waals surface area contributed by atoms with E-state index >= 15 is 0 Å². The van der Waals surface area contributed by atoms with Gasteiger partial charge in [0.15, 0.2) is 0 Å². The molecule has 2 amide bonds. The maximum atomic E-state index is 12.4. The third kappa shape index (κ3) is 5.22. The molecule has 0 bridgehead atoms. The first kappa shape index (κ1) is 21.7. The largest absolute Gasteiger partial charge is 0.339 e. The quantitative estimate of drug-likeness (QED) is 0.571. The average Bonchev–Trinajstić information content (AvgIpc) is 3.27. The van der Waals surface area contributed by atoms with Gasteiger partial charge in [-0.05, 0) is 42.5 Å². The number of rotatable bonds is 7. The number of carbonyl (C=O) groups excluding carboxylic acids is 2. The normalized spacial score (nSPS) is 14.1. The van der Waals surface area contributed by atoms with Crippen molar-refractivity contribution in [1.82, 2.24) is 10.1 Å². The Morgan fingerprint density at radius 2 is 1.97 bits per heavy atom. The van der Waals surface area contributed by atoms with E-state index in [2.05, 4.69) is 41.4 Å². The summed E-state index contributed by atoms with van der Waals surface area (Å²) in [5.74, 6) is 1.40. The number of hydrogen-bond donors (Lipinski definition) is 1. The minimum atomic E-state index is -0.145. The number of anilines is 2. The fourth-order valence-corrected chi connectivity index (χ4v) is 3.77. The maximum Gasteiger partial charge on any atom is 0.227 e. The number of aromatic nitrogens is 2. The zero-order chi connectivity index (χ0) is 22.5. The van der Waals surface area contributed by atoms with E-state index in [9.17, 15) is 9.59 Å². The SMILES string of the molecule is CC(C)c1ccc(-c2noc(CCC(=O)Nc3cccc(N4CCCCC4=O)c3)n2)cc1. The van der Waals surface area contributed by atoms with Gasteiger partial charge in [0.1, 0.15) is 0 Å². The van der Waals surface area contributed by atoms with Gasteiger partial charge in [-0.15, -0.1) is 0 Å². The first-order valence-electron chi connectivity index (χ1n) is 11.1. The van der Waals surface area contributed by atoms with Crippen LogP contribution in [0, 0.1) is 0 Å². The van der Waals surface area contributed by atoms with Gasteiger partial charge in [-0.2, -0.15) is 4.98 Å². The predicted molar refractivity (Wildman–Crippen MR) is 123 cm³/mol. The Hall–Kier alpha value is -3.48. The van der Waals surface area contributed by atoms with Gasteiger partial charge in [-0.25, -0.2) is 0 Å². The molecule has 0 aliphatic carbocycles. The number of piperidine rings is 1. The second-order valence-electron chi connectivity index (χ2n) is 8.39. The maximum absolute atomic E-state index is 12.4. The van der Waals surface area contributed by atoms with Crippen LogP contribution in [-0.2, 0) is 16.0 Å². The molecule has 7 nitrogen and oxygen atoms in total. The van der Waals surface area contributed by atoms with E-state index < -0.39 is 0 Å². The lowest BCUT2D eigenvalue weighted by atomic mass is 10.0. The molecule has 1 saturated heterocycles. The van der Waals surface area contributed by atoms with E-state index in [4.69, 9.17) is 4.52 Å². The Morgan fingerprint density at radius 3 is 2.72 bits per heavy atom. The second-order valence-corrected chi connectivity index (χ2v) is 8.39. The molecule has 0 saturated carbocycles. The van der Waals surface area contributed by atoms with Crippen molar-refractivity contribution in [3.8, 4) is 11.4 Å². The van der Waals surface area contributed by atoms with Crippen molar-refractivity contribution in [3.05, 3.63) is 60.0 Å². The minimum Gasteiger partial charge on any atom is -0.339 e. The Bertz CT molecular complexity index is 1090. The lowest BCUT2D eigenvalue weighted by molar-refractivity contribution is -0.119. The van der Waals surface area contributed by atoms with Gasteiger partial charge < -0.3 is 14.7 Å². The fraction of sp³-hybridized carbons (Fsp3) is 0.360. The zero-order valence-electron chi connectivity index (χ0n) is 18.5. The van der Waals surface area contributed by atoms with E-state index in [1.807, 2.05) is 36.4 Å². The molecule has 0 unspecified atom stereocenters. The summed E-state index contributed by atoms with van der Waals surface area (Å²) < 4.78 is 5.32. The number of aryl methyl sites for hydroxylation is 1. The van der Waals surface area contributed by atoms with E-state index in [-0.39, 0.29) is 18.2 Å². The van der Waals surface area contributed by atoms with Gasteiger partial charge >= 0.3 is 0 Å². The van der Waals surface area contributed by atoms with Crippen molar-refractivity contribution >= 4 is 23.2 Å². The Morgan fingerprint density at radius 1 is 1.16 bits per heavy atom. The molecule has 1 fully saturated rings. The molecule has 1 aromatic heterocycles. The molecule has 3 aromatic rings. The molecule has 32 heavy (non-hydrogen) atoms. The molecule has 2 heterocycles. The Kier molecular flexibility index (Phi) is 6.63. The molecule has 7 heteroatoms. The monoisotopic (exact) mass is 432 g/mol. The smallest absolute Gasteiger partial charge is 0.227 e. The minimum absolute atomic E-state index is 0.130. The molecule has 0 radical (unpaired) electrons. The Labute approximate surface area is 187 Å². The Balaban J connectivity index is 1.33. The number of nitrogens with zero attached hydrogens (tertiary/aromatic N) is 3. The van der Waals surface area contributed by atoms with Crippen LogP contribution in [0.4, 0.5) is 11.4 Å². The molecule has 1 N–H and O–H groups in total. The highest BCUT2D eigenvalue weighted by molar-refractivity contribution is 5.96. The van der Waals surface area contributed by atoms with Gasteiger partial charge in [0.25, 0.3) is 0 Å². The highest BCUT2D eigenvalue weighted by Gasteiger charge is 2.20. The van der Waals surface area contributed by atoms with Crippen LogP contribution in [0.5, 0.6) is 0 Å². The van der Waals surface area contributed by atoms with Gasteiger partial charge in [0.05, 0.1) is 0 Å². The fourth-order valence-electron chi connectivity index (χ4n) is 3.77. The first-order chi connectivity index (χ1) is 15.5. The van der Waals surface area contributed by atoms with Crippen LogP contribution in [0.3, 0.4) is 0 Å². The molecule has 4 rings (SSSR count). The molecule has 1 aliphatic heterocycles. The molecular formula is C25H28N4O3. The molecule has 1 aliphatic rings. The summed E-state index contributed by atoms with van der Waals surface area (Å²) in [7, 11) is 0. The summed E-state index contributed by atoms with van der Waals surface area (Å²) in [6.45, 7) is 5.02. The number of amides is 2. The standard InChI is InChI=1S/C25H28N4O3/c1-17(2)18-9-11-19(12-10-18)25-27-23(32-28-25)14-13-22(30)26-20-6-5-7-21(16-20)29-15-4-3-8-24(29)31/h5-7,9-12,16-17H,3-4,8,13-15H2,1-2H3,(H,26,30). The van der Waals surface area contributed by atoms with Gasteiger partial charge in [-0.3, -0.25) is 9.59 Å². The highest BCUT2D eigenvalue weighted by atomic mass is 16.5. The number of hydrogen-bond acceptors (Lipinski definition) is 5. The third-order valence-electron chi connectivity index (χ3n) is 5.63. The van der Waals surface area contributed by atoms with Crippen molar-refractivity contribution in [1.29, 1.82) is 0 Å². The number of carbonyl (C=O) groups is 2. The average molecular weight is 433 g/mol. The molecule has 0 spiro atoms. The van der Waals surface area contributed by atoms with Crippen LogP contribution in [0.1, 0.15) is 56.9 Å². The summed E-state index contributed by atoms with van der Waals surface area (Å²) in [6, 6.07) is 15.5. The summed E-state index contributed by atoms with van der Waals surface area (Å²) in [6.07, 6.45) is 3.08. The van der Waals surface area contributed by atoms with Crippen molar-refractivity contribution in [2.75, 3.05) is 16.8 Å². The van der Waals surface area contributed by atoms with Crippen LogP contribution in [0.25, 0.3) is 11.4 Å².